The Labute approximate surface area is 107 Å². The van der Waals surface area contributed by atoms with Gasteiger partial charge in [0.05, 0.1) is 4.90 Å². The number of sulfonamides is 1. The third kappa shape index (κ3) is 3.07. The third-order valence-electron chi connectivity index (χ3n) is 2.57. The van der Waals surface area contributed by atoms with E-state index in [2.05, 4.69) is 0 Å². The fraction of sp³-hybridized carbons (Fsp3) is 0.636. The van der Waals surface area contributed by atoms with Crippen molar-refractivity contribution in [2.75, 3.05) is 13.1 Å². The first-order chi connectivity index (χ1) is 7.97. The molecule has 1 heterocycles. The monoisotopic (exact) mass is 276 g/mol. The van der Waals surface area contributed by atoms with Crippen molar-refractivity contribution in [1.82, 2.24) is 4.31 Å². The van der Waals surface area contributed by atoms with Gasteiger partial charge in [0, 0.05) is 29.4 Å². The predicted octanol–water partition coefficient (Wildman–Crippen LogP) is 1.94. The molecule has 0 fully saturated rings. The van der Waals surface area contributed by atoms with Gasteiger partial charge in [0.15, 0.2) is 0 Å². The van der Waals surface area contributed by atoms with Crippen LogP contribution in [0.1, 0.15) is 30.0 Å². The van der Waals surface area contributed by atoms with E-state index in [4.69, 9.17) is 5.73 Å². The van der Waals surface area contributed by atoms with Crippen LogP contribution in [0.2, 0.25) is 0 Å². The van der Waals surface area contributed by atoms with Gasteiger partial charge in [0.2, 0.25) is 10.0 Å². The SMILES string of the molecule is CCCN(CC)S(=O)(=O)c1cc(CN)sc1C. The summed E-state index contributed by atoms with van der Waals surface area (Å²) in [5, 5.41) is 0. The van der Waals surface area contributed by atoms with Gasteiger partial charge in [0.25, 0.3) is 0 Å². The number of hydrogen-bond acceptors (Lipinski definition) is 4. The molecule has 0 aliphatic rings. The van der Waals surface area contributed by atoms with Gasteiger partial charge in [-0.3, -0.25) is 0 Å². The molecule has 0 aliphatic carbocycles. The second-order valence-corrected chi connectivity index (χ2v) is 7.08. The van der Waals surface area contributed by atoms with Crippen LogP contribution >= 0.6 is 11.3 Å². The van der Waals surface area contributed by atoms with Crippen LogP contribution < -0.4 is 5.73 Å². The highest BCUT2D eigenvalue weighted by Crippen LogP contribution is 2.27. The van der Waals surface area contributed by atoms with Crippen molar-refractivity contribution in [3.05, 3.63) is 15.8 Å². The normalized spacial score (nSPS) is 12.3. The maximum absolute atomic E-state index is 12.4. The molecule has 0 aromatic carbocycles. The lowest BCUT2D eigenvalue weighted by Gasteiger charge is -2.19. The molecule has 6 heteroatoms. The molecule has 1 aromatic heterocycles. The molecule has 0 bridgehead atoms. The van der Waals surface area contributed by atoms with E-state index in [0.717, 1.165) is 16.2 Å². The Hall–Kier alpha value is -0.430. The van der Waals surface area contributed by atoms with Gasteiger partial charge in [-0.05, 0) is 19.4 Å². The van der Waals surface area contributed by atoms with Crippen LogP contribution in [0.5, 0.6) is 0 Å². The zero-order valence-electron chi connectivity index (χ0n) is 10.6. The number of thiophene rings is 1. The summed E-state index contributed by atoms with van der Waals surface area (Å²) in [6, 6.07) is 1.70. The number of rotatable bonds is 6. The third-order valence-corrected chi connectivity index (χ3v) is 5.87. The molecule has 0 amide bonds. The van der Waals surface area contributed by atoms with Crippen LogP contribution in [-0.2, 0) is 16.6 Å². The van der Waals surface area contributed by atoms with Gasteiger partial charge in [-0.1, -0.05) is 13.8 Å². The fourth-order valence-electron chi connectivity index (χ4n) is 1.72. The molecule has 2 N–H and O–H groups in total. The summed E-state index contributed by atoms with van der Waals surface area (Å²) in [5.41, 5.74) is 5.54. The lowest BCUT2D eigenvalue weighted by molar-refractivity contribution is 0.427. The number of nitrogens with zero attached hydrogens (tertiary/aromatic N) is 1. The van der Waals surface area contributed by atoms with Crippen LogP contribution in [-0.4, -0.2) is 25.8 Å². The first-order valence-corrected chi connectivity index (χ1v) is 8.02. The Kier molecular flexibility index (Phi) is 5.12. The summed E-state index contributed by atoms with van der Waals surface area (Å²) in [7, 11) is -3.35. The van der Waals surface area contributed by atoms with E-state index < -0.39 is 10.0 Å². The first kappa shape index (κ1) is 14.6. The molecule has 0 saturated heterocycles. The highest BCUT2D eigenvalue weighted by atomic mass is 32.2. The van der Waals surface area contributed by atoms with Crippen molar-refractivity contribution in [2.24, 2.45) is 5.73 Å². The highest BCUT2D eigenvalue weighted by molar-refractivity contribution is 7.89. The van der Waals surface area contributed by atoms with Crippen molar-refractivity contribution in [2.45, 2.75) is 38.6 Å². The van der Waals surface area contributed by atoms with Gasteiger partial charge in [-0.15, -0.1) is 11.3 Å². The van der Waals surface area contributed by atoms with E-state index >= 15 is 0 Å². The molecule has 0 unspecified atom stereocenters. The van der Waals surface area contributed by atoms with Crippen molar-refractivity contribution in [1.29, 1.82) is 0 Å². The maximum Gasteiger partial charge on any atom is 0.244 e. The molecule has 0 atom stereocenters. The summed E-state index contributed by atoms with van der Waals surface area (Å²) in [6.07, 6.45) is 0.819. The van der Waals surface area contributed by atoms with Crippen molar-refractivity contribution < 1.29 is 8.42 Å². The van der Waals surface area contributed by atoms with Gasteiger partial charge in [-0.2, -0.15) is 4.31 Å². The zero-order valence-corrected chi connectivity index (χ0v) is 12.2. The number of nitrogens with two attached hydrogens (primary N) is 1. The Morgan fingerprint density at radius 3 is 2.47 bits per heavy atom. The van der Waals surface area contributed by atoms with E-state index in [1.165, 1.54) is 15.6 Å². The largest absolute Gasteiger partial charge is 0.326 e. The summed E-state index contributed by atoms with van der Waals surface area (Å²) in [5.74, 6) is 0. The van der Waals surface area contributed by atoms with E-state index in [-0.39, 0.29) is 0 Å². The van der Waals surface area contributed by atoms with E-state index in [1.54, 1.807) is 6.07 Å². The second kappa shape index (κ2) is 5.95. The number of hydrogen-bond donors (Lipinski definition) is 1. The highest BCUT2D eigenvalue weighted by Gasteiger charge is 2.25. The minimum atomic E-state index is -3.35. The lowest BCUT2D eigenvalue weighted by Crippen LogP contribution is -2.31. The topological polar surface area (TPSA) is 63.4 Å². The minimum Gasteiger partial charge on any atom is -0.326 e. The summed E-state index contributed by atoms with van der Waals surface area (Å²) < 4.78 is 26.3. The van der Waals surface area contributed by atoms with Gasteiger partial charge < -0.3 is 5.73 Å². The lowest BCUT2D eigenvalue weighted by atomic mass is 10.4. The van der Waals surface area contributed by atoms with Gasteiger partial charge in [-0.25, -0.2) is 8.42 Å². The fourth-order valence-corrected chi connectivity index (χ4v) is 4.74. The molecule has 4 nitrogen and oxygen atoms in total. The van der Waals surface area contributed by atoms with Crippen LogP contribution in [0.3, 0.4) is 0 Å². The molecule has 0 saturated carbocycles. The summed E-state index contributed by atoms with van der Waals surface area (Å²) >= 11 is 1.46. The molecular weight excluding hydrogens is 256 g/mol. The molecule has 98 valence electrons. The molecule has 17 heavy (non-hydrogen) atoms. The van der Waals surface area contributed by atoms with Crippen molar-refractivity contribution in [3.63, 3.8) is 0 Å². The van der Waals surface area contributed by atoms with Gasteiger partial charge in [0.1, 0.15) is 0 Å². The van der Waals surface area contributed by atoms with Crippen LogP contribution in [0.25, 0.3) is 0 Å². The molecule has 1 rings (SSSR count). The van der Waals surface area contributed by atoms with Crippen LogP contribution in [0, 0.1) is 6.92 Å². The summed E-state index contributed by atoms with van der Waals surface area (Å²) in [4.78, 5) is 2.15. The molecule has 0 spiro atoms. The maximum atomic E-state index is 12.4. The molecular formula is C11H20N2O2S2. The second-order valence-electron chi connectivity index (χ2n) is 3.83. The zero-order chi connectivity index (χ0) is 13.1. The standard InChI is InChI=1S/C11H20N2O2S2/c1-4-6-13(5-2)17(14,15)11-7-10(8-12)16-9(11)3/h7H,4-6,8,12H2,1-3H3. The number of aryl methyl sites for hydroxylation is 1. The smallest absolute Gasteiger partial charge is 0.244 e. The molecule has 0 radical (unpaired) electrons. The molecule has 0 aliphatic heterocycles. The van der Waals surface area contributed by atoms with E-state index in [9.17, 15) is 8.42 Å². The quantitative estimate of drug-likeness (QED) is 0.863. The van der Waals surface area contributed by atoms with E-state index in [1.807, 2.05) is 20.8 Å². The summed E-state index contributed by atoms with van der Waals surface area (Å²) in [6.45, 7) is 7.12. The average Bonchev–Trinajstić information content (AvgIpc) is 2.67. The van der Waals surface area contributed by atoms with Crippen molar-refractivity contribution >= 4 is 21.4 Å². The minimum absolute atomic E-state index is 0.390. The van der Waals surface area contributed by atoms with Crippen LogP contribution in [0.4, 0.5) is 0 Å². The predicted molar refractivity (Wildman–Crippen MR) is 71.7 cm³/mol. The Balaban J connectivity index is 3.15. The Bertz CT molecular complexity index is 466. The van der Waals surface area contributed by atoms with Crippen molar-refractivity contribution in [3.8, 4) is 0 Å². The van der Waals surface area contributed by atoms with Gasteiger partial charge >= 0.3 is 0 Å². The Morgan fingerprint density at radius 1 is 1.41 bits per heavy atom. The van der Waals surface area contributed by atoms with E-state index in [0.29, 0.717) is 24.5 Å². The van der Waals surface area contributed by atoms with Crippen LogP contribution in [0.15, 0.2) is 11.0 Å². The first-order valence-electron chi connectivity index (χ1n) is 5.76. The molecule has 1 aromatic rings. The Morgan fingerprint density at radius 2 is 2.06 bits per heavy atom. The average molecular weight is 276 g/mol.